The Bertz CT molecular complexity index is 1570. The first-order chi connectivity index (χ1) is 20.7. The van der Waals surface area contributed by atoms with Gasteiger partial charge in [0.1, 0.15) is 11.5 Å². The Balaban J connectivity index is 1.53. The first kappa shape index (κ1) is 31.3. The van der Waals surface area contributed by atoms with E-state index in [0.29, 0.717) is 29.1 Å². The number of ether oxygens (including phenoxy) is 1. The van der Waals surface area contributed by atoms with Crippen molar-refractivity contribution in [1.29, 1.82) is 0 Å². The number of methoxy groups -OCH3 is 1. The topological polar surface area (TPSA) is 180 Å². The van der Waals surface area contributed by atoms with E-state index in [2.05, 4.69) is 5.32 Å². The number of carbonyl (C=O) groups excluding carboxylic acids is 5. The Morgan fingerprint density at radius 1 is 1.09 bits per heavy atom. The summed E-state index contributed by atoms with van der Waals surface area (Å²) in [6.45, 7) is 0.648. The maximum atomic E-state index is 14.2. The van der Waals surface area contributed by atoms with Crippen molar-refractivity contribution in [3.63, 3.8) is 0 Å². The van der Waals surface area contributed by atoms with Gasteiger partial charge in [0.05, 0.1) is 24.6 Å². The van der Waals surface area contributed by atoms with E-state index >= 15 is 0 Å². The summed E-state index contributed by atoms with van der Waals surface area (Å²) in [5, 5.41) is 26.5. The molecule has 0 heterocycles. The van der Waals surface area contributed by atoms with Crippen LogP contribution in [-0.4, -0.2) is 91.1 Å². The third-order valence-electron chi connectivity index (χ3n) is 9.38. The van der Waals surface area contributed by atoms with Gasteiger partial charge in [-0.2, -0.15) is 0 Å². The largest absolute Gasteiger partial charge is 0.507 e. The molecule has 0 saturated heterocycles. The zero-order valence-corrected chi connectivity index (χ0v) is 25.4. The number of Topliss-reactive ketones (excluding diaryl/α,β-unsaturated/α-hetero) is 4. The minimum atomic E-state index is -2.76. The molecule has 6 atom stereocenters. The van der Waals surface area contributed by atoms with Gasteiger partial charge in [-0.1, -0.05) is 12.1 Å². The fourth-order valence-electron chi connectivity index (χ4n) is 7.36. The molecule has 0 aliphatic heterocycles. The second-order valence-corrected chi connectivity index (χ2v) is 12.4. The normalized spacial score (nSPS) is 27.9. The van der Waals surface area contributed by atoms with Gasteiger partial charge in [-0.3, -0.25) is 28.9 Å². The molecule has 2 aromatic carbocycles. The van der Waals surface area contributed by atoms with E-state index in [1.807, 2.05) is 43.3 Å². The van der Waals surface area contributed by atoms with Crippen LogP contribution in [0.25, 0.3) is 0 Å². The molecular formula is C32H38N4O8. The monoisotopic (exact) mass is 606 g/mol. The van der Waals surface area contributed by atoms with Gasteiger partial charge in [-0.25, -0.2) is 0 Å². The number of anilines is 1. The van der Waals surface area contributed by atoms with Gasteiger partial charge in [-0.05, 0) is 62.2 Å². The average Bonchev–Trinajstić information content (AvgIpc) is 2.95. The van der Waals surface area contributed by atoms with Crippen molar-refractivity contribution in [1.82, 2.24) is 10.2 Å². The molecule has 0 bridgehead atoms. The first-order valence-corrected chi connectivity index (χ1v) is 14.5. The lowest BCUT2D eigenvalue weighted by atomic mass is 9.52. The molecular weight excluding hydrogens is 568 g/mol. The van der Waals surface area contributed by atoms with Crippen LogP contribution < -0.4 is 20.7 Å². The summed E-state index contributed by atoms with van der Waals surface area (Å²) >= 11 is 0. The van der Waals surface area contributed by atoms with Crippen molar-refractivity contribution in [2.45, 2.75) is 37.6 Å². The number of rotatable bonds is 8. The molecule has 3 aliphatic rings. The molecule has 1 amide bonds. The summed E-state index contributed by atoms with van der Waals surface area (Å²) in [4.78, 5) is 70.5. The summed E-state index contributed by atoms with van der Waals surface area (Å²) in [5.41, 5.74) is 5.23. The molecule has 0 radical (unpaired) electrons. The lowest BCUT2D eigenvalue weighted by Gasteiger charge is -2.52. The van der Waals surface area contributed by atoms with Crippen LogP contribution in [0.4, 0.5) is 5.69 Å². The highest BCUT2D eigenvalue weighted by molar-refractivity contribution is 6.32. The number of hydrogen-bond donors (Lipinski definition) is 4. The molecule has 2 aromatic rings. The number of hydrogen-bond acceptors (Lipinski definition) is 11. The van der Waals surface area contributed by atoms with Crippen molar-refractivity contribution in [2.24, 2.45) is 29.4 Å². The molecule has 2 fully saturated rings. The van der Waals surface area contributed by atoms with Crippen molar-refractivity contribution < 1.29 is 38.9 Å². The fraction of sp³-hybridized carbons (Fsp3) is 0.469. The van der Waals surface area contributed by atoms with Gasteiger partial charge in [0.15, 0.2) is 34.7 Å². The molecule has 2 unspecified atom stereocenters. The number of benzene rings is 2. The van der Waals surface area contributed by atoms with E-state index in [4.69, 9.17) is 10.5 Å². The molecule has 2 saturated carbocycles. The number of likely N-dealkylation sites (N-methyl/N-ethyl adjacent to an activating group) is 1. The van der Waals surface area contributed by atoms with Crippen molar-refractivity contribution in [2.75, 3.05) is 40.2 Å². The second-order valence-electron chi connectivity index (χ2n) is 12.4. The fourth-order valence-corrected chi connectivity index (χ4v) is 7.36. The third kappa shape index (κ3) is 4.77. The highest BCUT2D eigenvalue weighted by Crippen LogP contribution is 2.52. The number of phenols is 1. The Morgan fingerprint density at radius 3 is 2.41 bits per heavy atom. The minimum Gasteiger partial charge on any atom is -0.507 e. The number of aromatic hydroxyl groups is 1. The second kappa shape index (κ2) is 11.4. The Kier molecular flexibility index (Phi) is 8.12. The summed E-state index contributed by atoms with van der Waals surface area (Å²) in [5.74, 6) is -9.91. The predicted octanol–water partition coefficient (Wildman–Crippen LogP) is 0.231. The molecule has 44 heavy (non-hydrogen) atoms. The maximum absolute atomic E-state index is 14.2. The molecule has 12 heteroatoms. The highest BCUT2D eigenvalue weighted by atomic mass is 16.5. The van der Waals surface area contributed by atoms with Crippen molar-refractivity contribution in [3.05, 3.63) is 52.6 Å². The Morgan fingerprint density at radius 2 is 1.80 bits per heavy atom. The number of aliphatic hydroxyl groups is 1. The smallest absolute Gasteiger partial charge is 0.235 e. The van der Waals surface area contributed by atoms with E-state index in [1.54, 1.807) is 27.3 Å². The van der Waals surface area contributed by atoms with Crippen LogP contribution in [0.1, 0.15) is 33.5 Å². The summed E-state index contributed by atoms with van der Waals surface area (Å²) in [6, 6.07) is 8.16. The number of primary amides is 1. The van der Waals surface area contributed by atoms with Gasteiger partial charge < -0.3 is 30.9 Å². The number of phenolic OH excluding ortho intramolecular Hbond substituents is 1. The lowest BCUT2D eigenvalue weighted by molar-refractivity contribution is -0.181. The zero-order valence-electron chi connectivity index (χ0n) is 25.4. The Hall–Kier alpha value is -4.13. The van der Waals surface area contributed by atoms with E-state index in [1.165, 1.54) is 4.90 Å². The molecule has 12 nitrogen and oxygen atoms in total. The molecule has 3 aliphatic carbocycles. The van der Waals surface area contributed by atoms with E-state index < -0.39 is 64.4 Å². The van der Waals surface area contributed by atoms with Crippen LogP contribution in [0.3, 0.4) is 0 Å². The Labute approximate surface area is 255 Å². The number of ketones is 4. The van der Waals surface area contributed by atoms with E-state index in [0.717, 1.165) is 5.56 Å². The lowest BCUT2D eigenvalue weighted by Crippen LogP contribution is -2.74. The van der Waals surface area contributed by atoms with Crippen LogP contribution >= 0.6 is 0 Å². The number of amides is 1. The summed E-state index contributed by atoms with van der Waals surface area (Å²) in [6.07, 6.45) is 0.200. The van der Waals surface area contributed by atoms with Crippen LogP contribution in [0, 0.1) is 23.7 Å². The van der Waals surface area contributed by atoms with Crippen molar-refractivity contribution in [3.8, 4) is 11.5 Å². The van der Waals surface area contributed by atoms with Gasteiger partial charge in [0, 0.05) is 44.4 Å². The van der Waals surface area contributed by atoms with Gasteiger partial charge in [-0.15, -0.1) is 0 Å². The third-order valence-corrected chi connectivity index (χ3v) is 9.38. The van der Waals surface area contributed by atoms with Crippen LogP contribution in [0.5, 0.6) is 11.5 Å². The summed E-state index contributed by atoms with van der Waals surface area (Å²) < 4.78 is 5.27. The zero-order chi connectivity index (χ0) is 32.2. The quantitative estimate of drug-likeness (QED) is 0.302. The molecule has 0 aromatic heterocycles. The molecule has 5 rings (SSSR count). The number of nitrogens with two attached hydrogens (primary N) is 1. The first-order valence-electron chi connectivity index (χ1n) is 14.5. The van der Waals surface area contributed by atoms with Gasteiger partial charge in [0.2, 0.25) is 5.91 Å². The SMILES string of the molecule is COc1cccc(CNCc2cc(N(C)C)c3c(c2O)C(=O)C2C(=O)[C@]4(O)C(=O)C(C(N)=O)C(=O)[C@@H](N(C)C)[C@@H]4C[C@@H]2C3)c1. The number of nitrogens with zero attached hydrogens (tertiary/aromatic N) is 2. The average molecular weight is 607 g/mol. The van der Waals surface area contributed by atoms with E-state index in [-0.39, 0.29) is 30.7 Å². The standard InChI is InChI=1S/C32H38N4O8/c1-35(2)21-12-17(14-34-13-15-7-6-8-18(9-15)44-5)26(37)23-19(21)10-16-11-20-25(36(3)4)28(39)24(31(33)42)30(41)32(20,43)29(40)22(16)27(23)38/h6-9,12,16,20,22,24-25,34,37,43H,10-11,13-14H2,1-5H3,(H2,33,42)/t16-,20-,22?,24?,25-,32-/m0/s1. The number of carbonyl (C=O) groups is 5. The van der Waals surface area contributed by atoms with Crippen LogP contribution in [0.2, 0.25) is 0 Å². The molecule has 5 N–H and O–H groups in total. The highest BCUT2D eigenvalue weighted by Gasteiger charge is 2.69. The predicted molar refractivity (Wildman–Crippen MR) is 159 cm³/mol. The number of fused-ring (bicyclic) bond motifs is 3. The molecule has 234 valence electrons. The minimum absolute atomic E-state index is 0.00136. The van der Waals surface area contributed by atoms with Gasteiger partial charge >= 0.3 is 0 Å². The summed E-state index contributed by atoms with van der Waals surface area (Å²) in [7, 11) is 8.32. The van der Waals surface area contributed by atoms with Gasteiger partial charge in [0.25, 0.3) is 0 Å². The van der Waals surface area contributed by atoms with Crippen LogP contribution in [-0.2, 0) is 38.7 Å². The van der Waals surface area contributed by atoms with Crippen molar-refractivity contribution >= 4 is 34.7 Å². The number of nitrogens with one attached hydrogen (secondary N) is 1. The van der Waals surface area contributed by atoms with Crippen LogP contribution in [0.15, 0.2) is 30.3 Å². The maximum Gasteiger partial charge on any atom is 0.235 e. The molecule has 0 spiro atoms. The van der Waals surface area contributed by atoms with E-state index in [9.17, 15) is 34.2 Å².